The standard InChI is InChI=1S/C13H19NO4/c1-15-12-4-2-3-10(9-17-14)13(12)18-11-5-7-16-8-6-11/h2-4,11H,5-9,14H2,1H3. The summed E-state index contributed by atoms with van der Waals surface area (Å²) in [6, 6.07) is 5.68. The summed E-state index contributed by atoms with van der Waals surface area (Å²) in [5, 5.41) is 0. The molecule has 0 aliphatic carbocycles. The van der Waals surface area contributed by atoms with Crippen LogP contribution in [0.4, 0.5) is 0 Å². The summed E-state index contributed by atoms with van der Waals surface area (Å²) < 4.78 is 16.7. The lowest BCUT2D eigenvalue weighted by Gasteiger charge is -2.25. The number of methoxy groups -OCH3 is 1. The molecule has 0 atom stereocenters. The lowest BCUT2D eigenvalue weighted by atomic mass is 10.1. The number of ether oxygens (including phenoxy) is 3. The van der Waals surface area contributed by atoms with E-state index in [1.165, 1.54) is 0 Å². The van der Waals surface area contributed by atoms with E-state index in [9.17, 15) is 0 Å². The van der Waals surface area contributed by atoms with Crippen molar-refractivity contribution in [2.45, 2.75) is 25.6 Å². The highest BCUT2D eigenvalue weighted by Gasteiger charge is 2.19. The minimum Gasteiger partial charge on any atom is -0.493 e. The molecule has 2 rings (SSSR count). The quantitative estimate of drug-likeness (QED) is 0.808. The van der Waals surface area contributed by atoms with Crippen LogP contribution < -0.4 is 15.4 Å². The highest BCUT2D eigenvalue weighted by Crippen LogP contribution is 2.33. The third-order valence-corrected chi connectivity index (χ3v) is 2.97. The van der Waals surface area contributed by atoms with Gasteiger partial charge in [0.2, 0.25) is 0 Å². The van der Waals surface area contributed by atoms with Crippen molar-refractivity contribution >= 4 is 0 Å². The maximum absolute atomic E-state index is 6.02. The number of hydrogen-bond donors (Lipinski definition) is 1. The minimum absolute atomic E-state index is 0.159. The number of benzene rings is 1. The fraction of sp³-hybridized carbons (Fsp3) is 0.538. The SMILES string of the molecule is COc1cccc(CON)c1OC1CCOCC1. The molecular formula is C13H19NO4. The van der Waals surface area contributed by atoms with Gasteiger partial charge in [-0.2, -0.15) is 0 Å². The second-order valence-electron chi connectivity index (χ2n) is 4.19. The average Bonchev–Trinajstić information content (AvgIpc) is 2.42. The fourth-order valence-corrected chi connectivity index (χ4v) is 2.02. The molecule has 2 N–H and O–H groups in total. The van der Waals surface area contributed by atoms with Gasteiger partial charge in [-0.05, 0) is 6.07 Å². The fourth-order valence-electron chi connectivity index (χ4n) is 2.02. The highest BCUT2D eigenvalue weighted by molar-refractivity contribution is 5.46. The van der Waals surface area contributed by atoms with Crippen molar-refractivity contribution in [3.8, 4) is 11.5 Å². The van der Waals surface area contributed by atoms with Crippen LogP contribution in [-0.4, -0.2) is 26.4 Å². The summed E-state index contributed by atoms with van der Waals surface area (Å²) in [7, 11) is 1.62. The zero-order chi connectivity index (χ0) is 12.8. The van der Waals surface area contributed by atoms with Gasteiger partial charge < -0.3 is 14.2 Å². The van der Waals surface area contributed by atoms with E-state index in [4.69, 9.17) is 24.9 Å². The maximum Gasteiger partial charge on any atom is 0.167 e. The van der Waals surface area contributed by atoms with Crippen molar-refractivity contribution in [1.82, 2.24) is 0 Å². The molecule has 1 fully saturated rings. The largest absolute Gasteiger partial charge is 0.493 e. The summed E-state index contributed by atoms with van der Waals surface area (Å²) in [6.45, 7) is 1.78. The number of nitrogens with two attached hydrogens (primary N) is 1. The van der Waals surface area contributed by atoms with Crippen molar-refractivity contribution in [3.05, 3.63) is 23.8 Å². The molecule has 0 radical (unpaired) electrons. The van der Waals surface area contributed by atoms with Gasteiger partial charge in [-0.15, -0.1) is 0 Å². The first-order chi connectivity index (χ1) is 8.85. The molecule has 0 saturated carbocycles. The Morgan fingerprint density at radius 3 is 2.78 bits per heavy atom. The Morgan fingerprint density at radius 1 is 1.33 bits per heavy atom. The molecular weight excluding hydrogens is 234 g/mol. The number of hydrogen-bond acceptors (Lipinski definition) is 5. The average molecular weight is 253 g/mol. The molecule has 1 saturated heterocycles. The van der Waals surface area contributed by atoms with Gasteiger partial charge in [-0.3, -0.25) is 4.84 Å². The van der Waals surface area contributed by atoms with Gasteiger partial charge in [0.25, 0.3) is 0 Å². The molecule has 5 heteroatoms. The number of rotatable bonds is 5. The van der Waals surface area contributed by atoms with Crippen LogP contribution in [0.3, 0.4) is 0 Å². The Labute approximate surface area is 107 Å². The predicted molar refractivity (Wildman–Crippen MR) is 66.4 cm³/mol. The lowest BCUT2D eigenvalue weighted by Crippen LogP contribution is -2.26. The maximum atomic E-state index is 6.02. The molecule has 1 aliphatic heterocycles. The Hall–Kier alpha value is -1.30. The van der Waals surface area contributed by atoms with Gasteiger partial charge in [-0.1, -0.05) is 12.1 Å². The summed E-state index contributed by atoms with van der Waals surface area (Å²) >= 11 is 0. The predicted octanol–water partition coefficient (Wildman–Crippen LogP) is 1.64. The van der Waals surface area contributed by atoms with Gasteiger partial charge in [0.1, 0.15) is 6.10 Å². The Bertz CT molecular complexity index is 377. The molecule has 1 aromatic carbocycles. The van der Waals surface area contributed by atoms with E-state index in [0.29, 0.717) is 12.4 Å². The van der Waals surface area contributed by atoms with Gasteiger partial charge in [-0.25, -0.2) is 5.90 Å². The van der Waals surface area contributed by atoms with Crippen LogP contribution in [0, 0.1) is 0 Å². The van der Waals surface area contributed by atoms with Crippen LogP contribution in [0.5, 0.6) is 11.5 Å². The highest BCUT2D eigenvalue weighted by atomic mass is 16.6. The van der Waals surface area contributed by atoms with E-state index in [-0.39, 0.29) is 6.10 Å². The van der Waals surface area contributed by atoms with Crippen molar-refractivity contribution in [2.75, 3.05) is 20.3 Å². The van der Waals surface area contributed by atoms with Gasteiger partial charge in [0.05, 0.1) is 26.9 Å². The first-order valence-electron chi connectivity index (χ1n) is 6.07. The normalized spacial score (nSPS) is 16.6. The van der Waals surface area contributed by atoms with E-state index in [0.717, 1.165) is 37.4 Å². The second kappa shape index (κ2) is 6.58. The topological polar surface area (TPSA) is 62.9 Å². The third kappa shape index (κ3) is 3.13. The summed E-state index contributed by atoms with van der Waals surface area (Å²) in [6.07, 6.45) is 1.94. The van der Waals surface area contributed by atoms with Crippen LogP contribution >= 0.6 is 0 Å². The van der Waals surface area contributed by atoms with Crippen LogP contribution in [0.1, 0.15) is 18.4 Å². The van der Waals surface area contributed by atoms with E-state index in [1.807, 2.05) is 18.2 Å². The molecule has 18 heavy (non-hydrogen) atoms. The van der Waals surface area contributed by atoms with Crippen LogP contribution in [0.15, 0.2) is 18.2 Å². The summed E-state index contributed by atoms with van der Waals surface area (Å²) in [5.41, 5.74) is 0.892. The van der Waals surface area contributed by atoms with Crippen molar-refractivity contribution in [1.29, 1.82) is 0 Å². The molecule has 0 aromatic heterocycles. The summed E-state index contributed by atoms with van der Waals surface area (Å²) in [4.78, 5) is 4.70. The Balaban J connectivity index is 2.16. The first-order valence-corrected chi connectivity index (χ1v) is 6.07. The van der Waals surface area contributed by atoms with E-state index < -0.39 is 0 Å². The molecule has 1 heterocycles. The molecule has 1 aromatic rings. The van der Waals surface area contributed by atoms with E-state index in [2.05, 4.69) is 0 Å². The molecule has 0 bridgehead atoms. The van der Waals surface area contributed by atoms with Crippen molar-refractivity contribution < 1.29 is 19.0 Å². The second-order valence-corrected chi connectivity index (χ2v) is 4.19. The molecule has 0 spiro atoms. The van der Waals surface area contributed by atoms with E-state index in [1.54, 1.807) is 7.11 Å². The van der Waals surface area contributed by atoms with Crippen molar-refractivity contribution in [3.63, 3.8) is 0 Å². The monoisotopic (exact) mass is 253 g/mol. The molecule has 0 amide bonds. The lowest BCUT2D eigenvalue weighted by molar-refractivity contribution is 0.0229. The Kier molecular flexibility index (Phi) is 4.81. The van der Waals surface area contributed by atoms with Gasteiger partial charge in [0.15, 0.2) is 11.5 Å². The molecule has 100 valence electrons. The van der Waals surface area contributed by atoms with E-state index >= 15 is 0 Å². The zero-order valence-electron chi connectivity index (χ0n) is 10.6. The van der Waals surface area contributed by atoms with Gasteiger partial charge >= 0.3 is 0 Å². The third-order valence-electron chi connectivity index (χ3n) is 2.97. The van der Waals surface area contributed by atoms with Crippen molar-refractivity contribution in [2.24, 2.45) is 5.90 Å². The summed E-state index contributed by atoms with van der Waals surface area (Å²) in [5.74, 6) is 6.56. The van der Waals surface area contributed by atoms with Crippen LogP contribution in [0.2, 0.25) is 0 Å². The Morgan fingerprint density at radius 2 is 2.11 bits per heavy atom. The molecule has 5 nitrogen and oxygen atoms in total. The van der Waals surface area contributed by atoms with Gasteiger partial charge in [0, 0.05) is 18.4 Å². The molecule has 1 aliphatic rings. The zero-order valence-corrected chi connectivity index (χ0v) is 10.6. The molecule has 0 unspecified atom stereocenters. The smallest absolute Gasteiger partial charge is 0.167 e. The number of para-hydroxylation sites is 1. The first kappa shape index (κ1) is 13.1. The van der Waals surface area contributed by atoms with Crippen LogP contribution in [-0.2, 0) is 16.2 Å². The van der Waals surface area contributed by atoms with Crippen LogP contribution in [0.25, 0.3) is 0 Å². The minimum atomic E-state index is 0.159.